The lowest BCUT2D eigenvalue weighted by molar-refractivity contribution is 0.0945. The van der Waals surface area contributed by atoms with Crippen molar-refractivity contribution >= 4 is 5.91 Å². The fraction of sp³-hybridized carbons (Fsp3) is 0.125. The Morgan fingerprint density at radius 3 is 2.64 bits per heavy atom. The van der Waals surface area contributed by atoms with E-state index in [0.717, 1.165) is 0 Å². The van der Waals surface area contributed by atoms with Crippen LogP contribution in [0.25, 0.3) is 0 Å². The van der Waals surface area contributed by atoms with E-state index in [0.29, 0.717) is 11.3 Å². The molecule has 0 radical (unpaired) electrons. The summed E-state index contributed by atoms with van der Waals surface area (Å²) in [5, 5.41) is 20.1. The van der Waals surface area contributed by atoms with Gasteiger partial charge in [0.15, 0.2) is 0 Å². The first-order valence-corrected chi connectivity index (χ1v) is 6.51. The van der Waals surface area contributed by atoms with Gasteiger partial charge in [-0.3, -0.25) is 4.79 Å². The molecule has 6 heteroatoms. The Balaban J connectivity index is 2.14. The maximum absolute atomic E-state index is 13.5. The quantitative estimate of drug-likeness (QED) is 0.887. The van der Waals surface area contributed by atoms with Crippen LogP contribution in [0.5, 0.6) is 11.5 Å². The van der Waals surface area contributed by atoms with Gasteiger partial charge in [0, 0.05) is 12.1 Å². The number of nitriles is 1. The molecule has 2 rings (SSSR count). The van der Waals surface area contributed by atoms with Gasteiger partial charge in [-0.05, 0) is 36.4 Å². The van der Waals surface area contributed by atoms with Crippen LogP contribution in [-0.2, 0) is 0 Å². The van der Waals surface area contributed by atoms with Gasteiger partial charge >= 0.3 is 0 Å². The van der Waals surface area contributed by atoms with Crippen molar-refractivity contribution in [2.75, 3.05) is 13.2 Å². The van der Waals surface area contributed by atoms with Crippen molar-refractivity contribution in [2.45, 2.75) is 0 Å². The van der Waals surface area contributed by atoms with E-state index in [1.54, 1.807) is 18.2 Å². The van der Waals surface area contributed by atoms with E-state index in [1.165, 1.54) is 30.3 Å². The first kappa shape index (κ1) is 15.5. The van der Waals surface area contributed by atoms with E-state index in [-0.39, 0.29) is 30.4 Å². The molecule has 0 saturated carbocycles. The first-order chi connectivity index (χ1) is 10.7. The summed E-state index contributed by atoms with van der Waals surface area (Å²) in [6, 6.07) is 12.0. The Morgan fingerprint density at radius 1 is 1.27 bits per heavy atom. The van der Waals surface area contributed by atoms with Crippen molar-refractivity contribution in [2.24, 2.45) is 0 Å². The van der Waals surface area contributed by atoms with Crippen LogP contribution in [0, 0.1) is 17.1 Å². The summed E-state index contributed by atoms with van der Waals surface area (Å²) < 4.78 is 18.9. The lowest BCUT2D eigenvalue weighted by atomic mass is 10.2. The fourth-order valence-corrected chi connectivity index (χ4v) is 1.77. The van der Waals surface area contributed by atoms with Gasteiger partial charge in [-0.1, -0.05) is 6.07 Å². The number of rotatable bonds is 5. The van der Waals surface area contributed by atoms with Crippen LogP contribution in [0.4, 0.5) is 4.39 Å². The summed E-state index contributed by atoms with van der Waals surface area (Å²) >= 11 is 0. The minimum atomic E-state index is -0.653. The largest absolute Gasteiger partial charge is 0.456 e. The molecule has 0 aliphatic heterocycles. The Morgan fingerprint density at radius 2 is 2.00 bits per heavy atom. The Bertz CT molecular complexity index is 708. The van der Waals surface area contributed by atoms with Crippen molar-refractivity contribution < 1.29 is 19.0 Å². The van der Waals surface area contributed by atoms with Gasteiger partial charge in [-0.2, -0.15) is 5.26 Å². The predicted molar refractivity (Wildman–Crippen MR) is 77.1 cm³/mol. The number of aliphatic hydroxyl groups is 1. The number of hydrogen-bond acceptors (Lipinski definition) is 4. The zero-order valence-electron chi connectivity index (χ0n) is 11.5. The molecule has 0 saturated heterocycles. The van der Waals surface area contributed by atoms with Crippen molar-refractivity contribution in [3.8, 4) is 17.6 Å². The van der Waals surface area contributed by atoms with Crippen LogP contribution < -0.4 is 10.1 Å². The van der Waals surface area contributed by atoms with Crippen LogP contribution in [0.1, 0.15) is 15.9 Å². The third kappa shape index (κ3) is 3.59. The summed E-state index contributed by atoms with van der Waals surface area (Å²) in [6.07, 6.45) is 0. The number of amides is 1. The van der Waals surface area contributed by atoms with Crippen LogP contribution in [0.3, 0.4) is 0 Å². The normalized spacial score (nSPS) is 9.86. The highest BCUT2D eigenvalue weighted by Crippen LogP contribution is 2.26. The molecule has 0 aliphatic carbocycles. The topological polar surface area (TPSA) is 82.3 Å². The average molecular weight is 300 g/mol. The second kappa shape index (κ2) is 7.20. The third-order valence-corrected chi connectivity index (χ3v) is 2.83. The second-order valence-electron chi connectivity index (χ2n) is 4.33. The lowest BCUT2D eigenvalue weighted by Crippen LogP contribution is -2.26. The summed E-state index contributed by atoms with van der Waals surface area (Å²) in [5.74, 6) is -0.482. The third-order valence-electron chi connectivity index (χ3n) is 2.83. The molecule has 2 N–H and O–H groups in total. The Hall–Kier alpha value is -2.91. The molecule has 0 aliphatic rings. The predicted octanol–water partition coefficient (Wildman–Crippen LogP) is 2.21. The number of benzene rings is 2. The van der Waals surface area contributed by atoms with Crippen LogP contribution in [0.2, 0.25) is 0 Å². The van der Waals surface area contributed by atoms with E-state index >= 15 is 0 Å². The highest BCUT2D eigenvalue weighted by Gasteiger charge is 2.10. The molecule has 2 aromatic carbocycles. The van der Waals surface area contributed by atoms with E-state index in [4.69, 9.17) is 15.1 Å². The Labute approximate surface area is 126 Å². The highest BCUT2D eigenvalue weighted by molar-refractivity contribution is 5.94. The molecule has 0 aromatic heterocycles. The van der Waals surface area contributed by atoms with Crippen LogP contribution in [-0.4, -0.2) is 24.2 Å². The molecule has 112 valence electrons. The van der Waals surface area contributed by atoms with Gasteiger partial charge in [0.05, 0.1) is 6.61 Å². The standard InChI is InChI=1S/C16H13FN2O3/c17-14-2-1-3-15(13(14)10-18)22-12-6-4-11(5-7-12)16(21)19-8-9-20/h1-7,20H,8-9H2,(H,19,21). The molecule has 22 heavy (non-hydrogen) atoms. The summed E-state index contributed by atoms with van der Waals surface area (Å²) in [7, 11) is 0. The summed E-state index contributed by atoms with van der Waals surface area (Å²) in [5.41, 5.74) is 0.229. The molecule has 0 unspecified atom stereocenters. The molecule has 0 fully saturated rings. The minimum absolute atomic E-state index is 0.111. The van der Waals surface area contributed by atoms with Crippen molar-refractivity contribution in [1.82, 2.24) is 5.32 Å². The number of carbonyl (C=O) groups is 1. The van der Waals surface area contributed by atoms with Gasteiger partial charge in [0.25, 0.3) is 5.91 Å². The van der Waals surface area contributed by atoms with Gasteiger partial charge in [0.2, 0.25) is 0 Å². The fourth-order valence-electron chi connectivity index (χ4n) is 1.77. The maximum atomic E-state index is 13.5. The molecule has 0 atom stereocenters. The van der Waals surface area contributed by atoms with E-state index in [1.807, 2.05) is 0 Å². The number of ether oxygens (including phenoxy) is 1. The van der Waals surface area contributed by atoms with E-state index < -0.39 is 5.82 Å². The van der Waals surface area contributed by atoms with Crippen LogP contribution >= 0.6 is 0 Å². The molecule has 0 heterocycles. The summed E-state index contributed by atoms with van der Waals surface area (Å²) in [4.78, 5) is 11.7. The zero-order chi connectivity index (χ0) is 15.9. The number of aliphatic hydroxyl groups excluding tert-OH is 1. The van der Waals surface area contributed by atoms with Crippen molar-refractivity contribution in [3.05, 3.63) is 59.4 Å². The highest BCUT2D eigenvalue weighted by atomic mass is 19.1. The number of halogens is 1. The van der Waals surface area contributed by atoms with E-state index in [9.17, 15) is 9.18 Å². The van der Waals surface area contributed by atoms with Crippen molar-refractivity contribution in [3.63, 3.8) is 0 Å². The Kier molecular flexibility index (Phi) is 5.07. The molecule has 1 amide bonds. The number of hydrogen-bond donors (Lipinski definition) is 2. The molecule has 0 spiro atoms. The first-order valence-electron chi connectivity index (χ1n) is 6.51. The van der Waals surface area contributed by atoms with Gasteiger partial charge in [-0.15, -0.1) is 0 Å². The van der Waals surface area contributed by atoms with Crippen molar-refractivity contribution in [1.29, 1.82) is 5.26 Å². The zero-order valence-corrected chi connectivity index (χ0v) is 11.5. The van der Waals surface area contributed by atoms with Gasteiger partial charge in [-0.25, -0.2) is 4.39 Å². The molecule has 0 bridgehead atoms. The molecule has 2 aromatic rings. The molecular weight excluding hydrogens is 287 g/mol. The number of nitrogens with one attached hydrogen (secondary N) is 1. The smallest absolute Gasteiger partial charge is 0.251 e. The van der Waals surface area contributed by atoms with E-state index in [2.05, 4.69) is 5.32 Å². The molecular formula is C16H13FN2O3. The maximum Gasteiger partial charge on any atom is 0.251 e. The molecule has 5 nitrogen and oxygen atoms in total. The second-order valence-corrected chi connectivity index (χ2v) is 4.33. The lowest BCUT2D eigenvalue weighted by Gasteiger charge is -2.08. The monoisotopic (exact) mass is 300 g/mol. The van der Waals surface area contributed by atoms with Crippen LogP contribution in [0.15, 0.2) is 42.5 Å². The summed E-state index contributed by atoms with van der Waals surface area (Å²) in [6.45, 7) is 0.0371. The number of nitrogens with zero attached hydrogens (tertiary/aromatic N) is 1. The SMILES string of the molecule is N#Cc1c(F)cccc1Oc1ccc(C(=O)NCCO)cc1. The number of carbonyl (C=O) groups excluding carboxylic acids is 1. The minimum Gasteiger partial charge on any atom is -0.456 e. The average Bonchev–Trinajstić information content (AvgIpc) is 2.53. The van der Waals surface area contributed by atoms with Gasteiger partial charge < -0.3 is 15.2 Å². The van der Waals surface area contributed by atoms with Gasteiger partial charge in [0.1, 0.15) is 28.9 Å².